The van der Waals surface area contributed by atoms with Gasteiger partial charge in [-0.05, 0) is 52.0 Å². The highest BCUT2D eigenvalue weighted by molar-refractivity contribution is 6.23. The van der Waals surface area contributed by atoms with Gasteiger partial charge in [0.2, 0.25) is 11.1 Å². The number of hydrogen-bond acceptors (Lipinski definition) is 8. The van der Waals surface area contributed by atoms with Crippen LogP contribution in [0.3, 0.4) is 0 Å². The van der Waals surface area contributed by atoms with Gasteiger partial charge in [-0.1, -0.05) is 34.7 Å². The second kappa shape index (κ2) is 7.26. The zero-order chi connectivity index (χ0) is 23.3. The van der Waals surface area contributed by atoms with Crippen LogP contribution in [0.1, 0.15) is 27.7 Å². The SMILES string of the molecule is CC(=O)C(C(C)=O)(n1nnc2ccccc21)C(C(C)=O)(C(C)=O)n1nnc2ccccc21. The Hall–Kier alpha value is -4.08. The van der Waals surface area contributed by atoms with Crippen LogP contribution in [-0.4, -0.2) is 53.1 Å². The molecule has 10 heteroatoms. The van der Waals surface area contributed by atoms with Crippen molar-refractivity contribution in [2.24, 2.45) is 0 Å². The summed E-state index contributed by atoms with van der Waals surface area (Å²) in [6, 6.07) is 13.3. The Labute approximate surface area is 182 Å². The number of Topliss-reactive ketones (excluding diaryl/α,β-unsaturated/α-hetero) is 4. The van der Waals surface area contributed by atoms with E-state index in [0.29, 0.717) is 22.1 Å². The first-order chi connectivity index (χ1) is 15.2. The Bertz CT molecular complexity index is 1280. The van der Waals surface area contributed by atoms with Crippen molar-refractivity contribution in [2.75, 3.05) is 0 Å². The molecule has 0 radical (unpaired) electrons. The highest BCUT2D eigenvalue weighted by atomic mass is 16.2. The Kier molecular flexibility index (Phi) is 4.80. The molecule has 0 fully saturated rings. The predicted molar refractivity (Wildman–Crippen MR) is 114 cm³/mol. The van der Waals surface area contributed by atoms with Crippen LogP contribution >= 0.6 is 0 Å². The topological polar surface area (TPSA) is 130 Å². The molecule has 0 N–H and O–H groups in total. The summed E-state index contributed by atoms with van der Waals surface area (Å²) in [5, 5.41) is 16.3. The second-order valence-electron chi connectivity index (χ2n) is 7.63. The van der Waals surface area contributed by atoms with Gasteiger partial charge in [-0.15, -0.1) is 10.2 Å². The Morgan fingerprint density at radius 3 is 1.22 bits per heavy atom. The number of ketones is 4. The number of carbonyl (C=O) groups is 4. The third-order valence-corrected chi connectivity index (χ3v) is 5.90. The van der Waals surface area contributed by atoms with Crippen LogP contribution in [0.4, 0.5) is 0 Å². The largest absolute Gasteiger partial charge is 0.297 e. The van der Waals surface area contributed by atoms with Crippen LogP contribution in [0, 0.1) is 0 Å². The first-order valence-electron chi connectivity index (χ1n) is 9.86. The number of fused-ring (bicyclic) bond motifs is 2. The predicted octanol–water partition coefficient (Wildman–Crippen LogP) is 1.62. The first-order valence-corrected chi connectivity index (χ1v) is 9.86. The molecule has 0 bridgehead atoms. The molecule has 162 valence electrons. The van der Waals surface area contributed by atoms with Crippen LogP contribution in [0.5, 0.6) is 0 Å². The minimum Gasteiger partial charge on any atom is -0.297 e. The van der Waals surface area contributed by atoms with E-state index >= 15 is 0 Å². The van der Waals surface area contributed by atoms with Crippen LogP contribution in [0.2, 0.25) is 0 Å². The van der Waals surface area contributed by atoms with Gasteiger partial charge in [-0.3, -0.25) is 19.2 Å². The van der Waals surface area contributed by atoms with E-state index in [2.05, 4.69) is 20.6 Å². The molecule has 2 heterocycles. The van der Waals surface area contributed by atoms with Gasteiger partial charge >= 0.3 is 0 Å². The van der Waals surface area contributed by atoms with Gasteiger partial charge in [0, 0.05) is 0 Å². The fourth-order valence-electron chi connectivity index (χ4n) is 4.65. The summed E-state index contributed by atoms with van der Waals surface area (Å²) in [5.74, 6) is -3.03. The molecule has 0 aliphatic carbocycles. The molecule has 0 saturated heterocycles. The molecule has 0 spiro atoms. The molecular weight excluding hydrogens is 412 g/mol. The van der Waals surface area contributed by atoms with E-state index in [-0.39, 0.29) is 0 Å². The van der Waals surface area contributed by atoms with Crippen LogP contribution in [0.15, 0.2) is 48.5 Å². The Morgan fingerprint density at radius 1 is 0.594 bits per heavy atom. The van der Waals surface area contributed by atoms with Gasteiger partial charge in [-0.25, -0.2) is 9.36 Å². The summed E-state index contributed by atoms with van der Waals surface area (Å²) < 4.78 is 2.15. The van der Waals surface area contributed by atoms with Crippen molar-refractivity contribution < 1.29 is 19.2 Å². The number of carbonyl (C=O) groups excluding carboxylic acids is 4. The van der Waals surface area contributed by atoms with E-state index in [9.17, 15) is 19.2 Å². The van der Waals surface area contributed by atoms with Crippen molar-refractivity contribution in [1.82, 2.24) is 30.0 Å². The van der Waals surface area contributed by atoms with Gasteiger partial charge in [0.05, 0.1) is 11.0 Å². The van der Waals surface area contributed by atoms with Crippen molar-refractivity contribution in [3.63, 3.8) is 0 Å². The lowest BCUT2D eigenvalue weighted by Crippen LogP contribution is -2.71. The minimum atomic E-state index is -2.39. The Morgan fingerprint density at radius 2 is 0.906 bits per heavy atom. The Balaban J connectivity index is 2.27. The zero-order valence-corrected chi connectivity index (χ0v) is 17.9. The summed E-state index contributed by atoms with van der Waals surface area (Å²) in [5.41, 5.74) is -3.37. The monoisotopic (exact) mass is 432 g/mol. The molecule has 2 aromatic carbocycles. The van der Waals surface area contributed by atoms with E-state index in [1.165, 1.54) is 0 Å². The average molecular weight is 432 g/mol. The molecule has 2 aromatic heterocycles. The lowest BCUT2D eigenvalue weighted by Gasteiger charge is -2.44. The maximum Gasteiger partial charge on any atom is 0.219 e. The fourth-order valence-corrected chi connectivity index (χ4v) is 4.65. The molecule has 4 rings (SSSR count). The molecule has 0 amide bonds. The lowest BCUT2D eigenvalue weighted by molar-refractivity contribution is -0.160. The fraction of sp³-hybridized carbons (Fsp3) is 0.273. The van der Waals surface area contributed by atoms with Gasteiger partial charge in [0.1, 0.15) is 11.0 Å². The van der Waals surface area contributed by atoms with Crippen LogP contribution in [0.25, 0.3) is 22.1 Å². The number of nitrogens with zero attached hydrogens (tertiary/aromatic N) is 6. The van der Waals surface area contributed by atoms with E-state index in [4.69, 9.17) is 0 Å². The van der Waals surface area contributed by atoms with Crippen molar-refractivity contribution >= 4 is 45.2 Å². The smallest absolute Gasteiger partial charge is 0.219 e. The van der Waals surface area contributed by atoms with Crippen molar-refractivity contribution in [3.8, 4) is 0 Å². The van der Waals surface area contributed by atoms with Crippen LogP contribution < -0.4 is 0 Å². The highest BCUT2D eigenvalue weighted by Gasteiger charge is 2.69. The maximum absolute atomic E-state index is 13.5. The third-order valence-electron chi connectivity index (χ3n) is 5.90. The molecule has 0 saturated carbocycles. The molecule has 0 aliphatic rings. The number of benzene rings is 2. The third kappa shape index (κ3) is 2.46. The summed E-state index contributed by atoms with van der Waals surface area (Å²) in [4.78, 5) is 53.8. The van der Waals surface area contributed by atoms with E-state index < -0.39 is 34.2 Å². The number of para-hydroxylation sites is 2. The maximum atomic E-state index is 13.5. The van der Waals surface area contributed by atoms with Gasteiger partial charge < -0.3 is 0 Å². The van der Waals surface area contributed by atoms with Gasteiger partial charge in [-0.2, -0.15) is 0 Å². The van der Waals surface area contributed by atoms with E-state index in [1.54, 1.807) is 48.5 Å². The van der Waals surface area contributed by atoms with Crippen molar-refractivity contribution in [2.45, 2.75) is 38.8 Å². The second-order valence-corrected chi connectivity index (χ2v) is 7.63. The van der Waals surface area contributed by atoms with Gasteiger partial charge in [0.25, 0.3) is 0 Å². The molecule has 0 atom stereocenters. The standard InChI is InChI=1S/C22H20N6O4/c1-13(29)21(14(2)30,27-19-11-7-5-9-17(19)23-25-27)22(15(3)31,16(4)32)28-20-12-8-6-10-18(20)24-26-28/h5-12H,1-4H3. The summed E-state index contributed by atoms with van der Waals surface area (Å²) in [6.07, 6.45) is 0. The molecule has 0 unspecified atom stereocenters. The number of rotatable bonds is 7. The minimum absolute atomic E-state index is 0.314. The normalized spacial score (nSPS) is 12.2. The summed E-state index contributed by atoms with van der Waals surface area (Å²) >= 11 is 0. The average Bonchev–Trinajstić information content (AvgIpc) is 3.35. The molecule has 0 aliphatic heterocycles. The van der Waals surface area contributed by atoms with Crippen molar-refractivity contribution in [3.05, 3.63) is 48.5 Å². The number of aromatic nitrogens is 6. The summed E-state index contributed by atoms with van der Waals surface area (Å²) in [6.45, 7) is 4.60. The lowest BCUT2D eigenvalue weighted by atomic mass is 9.66. The van der Waals surface area contributed by atoms with Crippen molar-refractivity contribution in [1.29, 1.82) is 0 Å². The number of hydrogen-bond donors (Lipinski definition) is 0. The molecule has 10 nitrogen and oxygen atoms in total. The van der Waals surface area contributed by atoms with Gasteiger partial charge in [0.15, 0.2) is 23.1 Å². The van der Waals surface area contributed by atoms with E-state index in [0.717, 1.165) is 37.1 Å². The first kappa shape index (κ1) is 21.2. The van der Waals surface area contributed by atoms with E-state index in [1.807, 2.05) is 0 Å². The quantitative estimate of drug-likeness (QED) is 0.403. The molecular formula is C22H20N6O4. The molecule has 32 heavy (non-hydrogen) atoms. The zero-order valence-electron chi connectivity index (χ0n) is 17.9. The van der Waals surface area contributed by atoms with Crippen LogP contribution in [-0.2, 0) is 30.3 Å². The highest BCUT2D eigenvalue weighted by Crippen LogP contribution is 2.42. The molecule has 4 aromatic rings. The summed E-state index contributed by atoms with van der Waals surface area (Å²) in [7, 11) is 0.